The average Bonchev–Trinajstić information content (AvgIpc) is 2.55. The summed E-state index contributed by atoms with van der Waals surface area (Å²) in [5.41, 5.74) is 0.506. The van der Waals surface area contributed by atoms with E-state index >= 15 is 0 Å². The van der Waals surface area contributed by atoms with Crippen LogP contribution in [0.4, 0.5) is 10.5 Å². The Labute approximate surface area is 144 Å². The van der Waals surface area contributed by atoms with Crippen molar-refractivity contribution in [3.8, 4) is 5.75 Å². The molecule has 0 aromatic heterocycles. The number of carbonyl (C=O) groups is 1. The monoisotopic (exact) mass is 354 g/mol. The maximum atomic E-state index is 11.7. The maximum Gasteiger partial charge on any atom is 0.319 e. The van der Waals surface area contributed by atoms with Crippen molar-refractivity contribution in [2.75, 3.05) is 18.5 Å². The van der Waals surface area contributed by atoms with E-state index in [0.717, 1.165) is 0 Å². The van der Waals surface area contributed by atoms with Crippen LogP contribution in [0.2, 0.25) is 10.0 Å². The number of aliphatic hydroxyl groups excluding tert-OH is 1. The zero-order valence-electron chi connectivity index (χ0n) is 12.1. The molecule has 0 aliphatic rings. The van der Waals surface area contributed by atoms with Gasteiger partial charge in [-0.2, -0.15) is 0 Å². The SMILES string of the molecule is O=C(NCC(O)COc1ccccc1)Nc1ccc(Cl)c(Cl)c1. The predicted molar refractivity (Wildman–Crippen MR) is 91.4 cm³/mol. The molecule has 0 aliphatic carbocycles. The van der Waals surface area contributed by atoms with E-state index in [4.69, 9.17) is 27.9 Å². The molecule has 7 heteroatoms. The summed E-state index contributed by atoms with van der Waals surface area (Å²) in [7, 11) is 0. The van der Waals surface area contributed by atoms with Crippen molar-refractivity contribution in [3.63, 3.8) is 0 Å². The van der Waals surface area contributed by atoms with E-state index in [-0.39, 0.29) is 13.2 Å². The highest BCUT2D eigenvalue weighted by Gasteiger charge is 2.09. The van der Waals surface area contributed by atoms with Gasteiger partial charge in [0.1, 0.15) is 18.5 Å². The minimum Gasteiger partial charge on any atom is -0.491 e. The Kier molecular flexibility index (Phi) is 6.52. The van der Waals surface area contributed by atoms with Gasteiger partial charge in [-0.3, -0.25) is 0 Å². The van der Waals surface area contributed by atoms with Crippen molar-refractivity contribution >= 4 is 34.9 Å². The molecule has 5 nitrogen and oxygen atoms in total. The van der Waals surface area contributed by atoms with Crippen LogP contribution in [0.3, 0.4) is 0 Å². The number of hydrogen-bond donors (Lipinski definition) is 3. The van der Waals surface area contributed by atoms with Crippen LogP contribution in [0.1, 0.15) is 0 Å². The van der Waals surface area contributed by atoms with Crippen molar-refractivity contribution in [3.05, 3.63) is 58.6 Å². The minimum atomic E-state index is -0.824. The summed E-state index contributed by atoms with van der Waals surface area (Å²) in [6, 6.07) is 13.4. The fourth-order valence-corrected chi connectivity index (χ4v) is 2.03. The average molecular weight is 355 g/mol. The molecule has 1 unspecified atom stereocenters. The van der Waals surface area contributed by atoms with Crippen LogP contribution >= 0.6 is 23.2 Å². The Balaban J connectivity index is 1.72. The number of aliphatic hydroxyl groups is 1. The van der Waals surface area contributed by atoms with Gasteiger partial charge in [0.2, 0.25) is 0 Å². The standard InChI is InChI=1S/C16H16Cl2N2O3/c17-14-7-6-11(8-15(14)18)20-16(22)19-9-12(21)10-23-13-4-2-1-3-5-13/h1-8,12,21H,9-10H2,(H2,19,20,22). The van der Waals surface area contributed by atoms with E-state index in [1.807, 2.05) is 18.2 Å². The first-order valence-electron chi connectivity index (χ1n) is 6.90. The lowest BCUT2D eigenvalue weighted by molar-refractivity contribution is 0.108. The van der Waals surface area contributed by atoms with E-state index in [9.17, 15) is 9.90 Å². The summed E-state index contributed by atoms with van der Waals surface area (Å²) in [6.07, 6.45) is -0.824. The van der Waals surface area contributed by atoms with E-state index in [2.05, 4.69) is 10.6 Å². The van der Waals surface area contributed by atoms with E-state index in [1.54, 1.807) is 30.3 Å². The summed E-state index contributed by atoms with van der Waals surface area (Å²) >= 11 is 11.7. The molecule has 0 fully saturated rings. The second-order valence-corrected chi connectivity index (χ2v) is 5.56. The van der Waals surface area contributed by atoms with Crippen LogP contribution in [0.15, 0.2) is 48.5 Å². The summed E-state index contributed by atoms with van der Waals surface area (Å²) in [6.45, 7) is 0.136. The molecule has 0 radical (unpaired) electrons. The third-order valence-electron chi connectivity index (χ3n) is 2.86. The number of para-hydroxylation sites is 1. The minimum absolute atomic E-state index is 0.0555. The Hall–Kier alpha value is -1.95. The predicted octanol–water partition coefficient (Wildman–Crippen LogP) is 3.55. The second-order valence-electron chi connectivity index (χ2n) is 4.74. The topological polar surface area (TPSA) is 70.6 Å². The highest BCUT2D eigenvalue weighted by molar-refractivity contribution is 6.42. The van der Waals surface area contributed by atoms with Gasteiger partial charge in [-0.25, -0.2) is 4.79 Å². The van der Waals surface area contributed by atoms with Crippen LogP contribution in [-0.2, 0) is 0 Å². The summed E-state index contributed by atoms with van der Waals surface area (Å²) in [4.78, 5) is 11.7. The molecular weight excluding hydrogens is 339 g/mol. The lowest BCUT2D eigenvalue weighted by Crippen LogP contribution is -2.37. The number of carbonyl (C=O) groups excluding carboxylic acids is 1. The van der Waals surface area contributed by atoms with Crippen LogP contribution < -0.4 is 15.4 Å². The molecule has 1 atom stereocenters. The van der Waals surface area contributed by atoms with Crippen molar-refractivity contribution < 1.29 is 14.6 Å². The molecule has 0 bridgehead atoms. The molecule has 0 saturated heterocycles. The van der Waals surface area contributed by atoms with Crippen molar-refractivity contribution in [1.82, 2.24) is 5.32 Å². The van der Waals surface area contributed by atoms with Crippen LogP contribution in [0.5, 0.6) is 5.75 Å². The molecule has 0 aliphatic heterocycles. The highest BCUT2D eigenvalue weighted by atomic mass is 35.5. The second kappa shape index (κ2) is 8.62. The first-order chi connectivity index (χ1) is 11.0. The molecule has 0 spiro atoms. The van der Waals surface area contributed by atoms with Gasteiger partial charge in [0, 0.05) is 12.2 Å². The summed E-state index contributed by atoms with van der Waals surface area (Å²) in [5, 5.41) is 15.7. The van der Waals surface area contributed by atoms with Gasteiger partial charge in [0.25, 0.3) is 0 Å². The number of anilines is 1. The summed E-state index contributed by atoms with van der Waals surface area (Å²) < 4.78 is 5.39. The Bertz CT molecular complexity index is 653. The number of ether oxygens (including phenoxy) is 1. The highest BCUT2D eigenvalue weighted by Crippen LogP contribution is 2.24. The van der Waals surface area contributed by atoms with E-state index in [0.29, 0.717) is 21.5 Å². The molecule has 2 aromatic rings. The van der Waals surface area contributed by atoms with Gasteiger partial charge in [-0.05, 0) is 30.3 Å². The van der Waals surface area contributed by atoms with Crippen molar-refractivity contribution in [2.45, 2.75) is 6.10 Å². The fourth-order valence-electron chi connectivity index (χ4n) is 1.73. The first-order valence-corrected chi connectivity index (χ1v) is 7.66. The number of benzene rings is 2. The molecular formula is C16H16Cl2N2O3. The van der Waals surface area contributed by atoms with Crippen LogP contribution in [-0.4, -0.2) is 30.4 Å². The largest absolute Gasteiger partial charge is 0.491 e. The number of amides is 2. The zero-order valence-corrected chi connectivity index (χ0v) is 13.6. The molecule has 23 heavy (non-hydrogen) atoms. The van der Waals surface area contributed by atoms with Crippen molar-refractivity contribution in [2.24, 2.45) is 0 Å². The van der Waals surface area contributed by atoms with E-state index < -0.39 is 12.1 Å². The van der Waals surface area contributed by atoms with Crippen LogP contribution in [0.25, 0.3) is 0 Å². The normalized spacial score (nSPS) is 11.6. The van der Waals surface area contributed by atoms with Gasteiger partial charge in [-0.1, -0.05) is 41.4 Å². The fraction of sp³-hybridized carbons (Fsp3) is 0.188. The molecule has 2 aromatic carbocycles. The molecule has 0 saturated carbocycles. The summed E-state index contributed by atoms with van der Waals surface area (Å²) in [5.74, 6) is 0.659. The van der Waals surface area contributed by atoms with Gasteiger partial charge in [-0.15, -0.1) is 0 Å². The Morgan fingerprint density at radius 2 is 1.87 bits per heavy atom. The smallest absolute Gasteiger partial charge is 0.319 e. The van der Waals surface area contributed by atoms with Gasteiger partial charge in [0.05, 0.1) is 10.0 Å². The van der Waals surface area contributed by atoms with Gasteiger partial charge >= 0.3 is 6.03 Å². The molecule has 0 heterocycles. The number of halogens is 2. The third kappa shape index (κ3) is 5.98. The van der Waals surface area contributed by atoms with E-state index in [1.165, 1.54) is 0 Å². The number of nitrogens with one attached hydrogen (secondary N) is 2. The molecule has 122 valence electrons. The van der Waals surface area contributed by atoms with Crippen molar-refractivity contribution in [1.29, 1.82) is 0 Å². The number of hydrogen-bond acceptors (Lipinski definition) is 3. The number of rotatable bonds is 6. The zero-order chi connectivity index (χ0) is 16.7. The third-order valence-corrected chi connectivity index (χ3v) is 3.60. The van der Waals surface area contributed by atoms with Crippen LogP contribution in [0, 0.1) is 0 Å². The lowest BCUT2D eigenvalue weighted by atomic mass is 10.3. The maximum absolute atomic E-state index is 11.7. The molecule has 2 amide bonds. The lowest BCUT2D eigenvalue weighted by Gasteiger charge is -2.14. The Morgan fingerprint density at radius 1 is 1.13 bits per heavy atom. The first kappa shape index (κ1) is 17.4. The molecule has 2 rings (SSSR count). The van der Waals surface area contributed by atoms with Gasteiger partial charge < -0.3 is 20.5 Å². The van der Waals surface area contributed by atoms with Gasteiger partial charge in [0.15, 0.2) is 0 Å². The Morgan fingerprint density at radius 3 is 2.57 bits per heavy atom. The quantitative estimate of drug-likeness (QED) is 0.742. The molecule has 3 N–H and O–H groups in total. The number of urea groups is 1.